The number of nitro benzene ring substituents is 1. The van der Waals surface area contributed by atoms with Crippen molar-refractivity contribution in [2.24, 2.45) is 0 Å². The normalized spacial score (nSPS) is 9.96. The van der Waals surface area contributed by atoms with Gasteiger partial charge in [-0.2, -0.15) is 9.65 Å². The zero-order valence-corrected chi connectivity index (χ0v) is 12.7. The summed E-state index contributed by atoms with van der Waals surface area (Å²) in [6.07, 6.45) is 1.88. The highest BCUT2D eigenvalue weighted by Crippen LogP contribution is 2.27. The minimum absolute atomic E-state index is 0.0982. The molecule has 118 valence electrons. The number of thiophene rings is 1. The predicted octanol–water partition coefficient (Wildman–Crippen LogP) is 3.07. The molecule has 23 heavy (non-hydrogen) atoms. The summed E-state index contributed by atoms with van der Waals surface area (Å²) in [4.78, 5) is 23.5. The number of nitro groups is 1. The minimum atomic E-state index is -0.972. The van der Waals surface area contributed by atoms with Gasteiger partial charge >= 0.3 is 11.7 Å². The van der Waals surface area contributed by atoms with Crippen molar-refractivity contribution in [3.63, 3.8) is 0 Å². The molecular weight excluding hydrogens is 325 g/mol. The van der Waals surface area contributed by atoms with Crippen LogP contribution >= 0.6 is 11.3 Å². The van der Waals surface area contributed by atoms with E-state index in [1.165, 1.54) is 18.1 Å². The Hall–Kier alpha value is -2.99. The van der Waals surface area contributed by atoms with Crippen molar-refractivity contribution in [1.82, 2.24) is 0 Å². The number of methoxy groups -OCH3 is 1. The van der Waals surface area contributed by atoms with Gasteiger partial charge in [0.25, 0.3) is 0 Å². The Morgan fingerprint density at radius 1 is 1.48 bits per heavy atom. The molecular formula is C14H10FN3O4S. The number of carbonyl (C=O) groups is 1. The van der Waals surface area contributed by atoms with Gasteiger partial charge in [0.1, 0.15) is 4.88 Å². The van der Waals surface area contributed by atoms with Crippen LogP contribution < -0.4 is 4.90 Å². The molecule has 0 bridgehead atoms. The van der Waals surface area contributed by atoms with Crippen molar-refractivity contribution >= 4 is 28.7 Å². The summed E-state index contributed by atoms with van der Waals surface area (Å²) >= 11 is 1.14. The highest BCUT2D eigenvalue weighted by atomic mass is 32.1. The summed E-state index contributed by atoms with van der Waals surface area (Å²) in [5, 5.41) is 20.0. The maximum atomic E-state index is 13.4. The maximum absolute atomic E-state index is 13.4. The molecule has 7 nitrogen and oxygen atoms in total. The van der Waals surface area contributed by atoms with Crippen LogP contribution in [0.1, 0.15) is 14.5 Å². The third-order valence-corrected chi connectivity index (χ3v) is 3.97. The maximum Gasteiger partial charge on any atom is 0.348 e. The van der Waals surface area contributed by atoms with Crippen LogP contribution in [-0.2, 0) is 11.3 Å². The summed E-state index contributed by atoms with van der Waals surface area (Å²) < 4.78 is 18.0. The van der Waals surface area contributed by atoms with Crippen molar-refractivity contribution < 1.29 is 18.8 Å². The van der Waals surface area contributed by atoms with Gasteiger partial charge in [-0.05, 0) is 24.3 Å². The highest BCUT2D eigenvalue weighted by molar-refractivity contribution is 7.13. The number of ether oxygens (including phenoxy) is 1. The Morgan fingerprint density at radius 2 is 2.22 bits per heavy atom. The van der Waals surface area contributed by atoms with E-state index in [4.69, 9.17) is 0 Å². The number of anilines is 1. The van der Waals surface area contributed by atoms with Gasteiger partial charge in [-0.1, -0.05) is 0 Å². The first-order valence-electron chi connectivity index (χ1n) is 6.24. The number of carbonyl (C=O) groups excluding carboxylic acids is 1. The second-order valence-corrected chi connectivity index (χ2v) is 5.50. The molecule has 0 spiro atoms. The SMILES string of the molecule is COC(=O)c1ccc(CN(C#N)c2ccc(F)c([N+](=O)[O-])c2)s1. The summed E-state index contributed by atoms with van der Waals surface area (Å²) in [6, 6.07) is 6.42. The topological polar surface area (TPSA) is 96.5 Å². The quantitative estimate of drug-likeness (QED) is 0.274. The minimum Gasteiger partial charge on any atom is -0.465 e. The Labute approximate surface area is 134 Å². The lowest BCUT2D eigenvalue weighted by Gasteiger charge is -2.14. The molecule has 9 heteroatoms. The van der Waals surface area contributed by atoms with Gasteiger partial charge in [0.15, 0.2) is 6.19 Å². The van der Waals surface area contributed by atoms with Crippen molar-refractivity contribution in [3.05, 3.63) is 56.0 Å². The second-order valence-electron chi connectivity index (χ2n) is 4.34. The number of hydrogen-bond acceptors (Lipinski definition) is 7. The fraction of sp³-hybridized carbons (Fsp3) is 0.143. The molecule has 0 aliphatic rings. The highest BCUT2D eigenvalue weighted by Gasteiger charge is 2.18. The fourth-order valence-corrected chi connectivity index (χ4v) is 2.74. The molecule has 0 saturated carbocycles. The van der Waals surface area contributed by atoms with Crippen LogP contribution in [0.2, 0.25) is 0 Å². The van der Waals surface area contributed by atoms with Gasteiger partial charge in [-0.25, -0.2) is 4.79 Å². The zero-order valence-electron chi connectivity index (χ0n) is 11.9. The van der Waals surface area contributed by atoms with Crippen LogP contribution in [0.5, 0.6) is 0 Å². The molecule has 1 aromatic carbocycles. The largest absolute Gasteiger partial charge is 0.465 e. The van der Waals surface area contributed by atoms with E-state index in [0.717, 1.165) is 23.5 Å². The monoisotopic (exact) mass is 335 g/mol. The number of esters is 1. The molecule has 0 aliphatic carbocycles. The number of hydrogen-bond donors (Lipinski definition) is 0. The van der Waals surface area contributed by atoms with Crippen LogP contribution in [0.3, 0.4) is 0 Å². The van der Waals surface area contributed by atoms with Crippen molar-refractivity contribution in [3.8, 4) is 6.19 Å². The predicted molar refractivity (Wildman–Crippen MR) is 80.5 cm³/mol. The number of nitriles is 1. The second kappa shape index (κ2) is 6.85. The lowest BCUT2D eigenvalue weighted by molar-refractivity contribution is -0.387. The van der Waals surface area contributed by atoms with Crippen LogP contribution in [0, 0.1) is 27.4 Å². The molecule has 2 aromatic rings. The van der Waals surface area contributed by atoms with Crippen molar-refractivity contribution in [2.75, 3.05) is 12.0 Å². The first-order valence-corrected chi connectivity index (χ1v) is 7.06. The van der Waals surface area contributed by atoms with Crippen molar-refractivity contribution in [2.45, 2.75) is 6.54 Å². The van der Waals surface area contributed by atoms with Gasteiger partial charge in [-0.3, -0.25) is 15.0 Å². The molecule has 2 rings (SSSR count). The molecule has 0 saturated heterocycles. The molecule has 1 heterocycles. The fourth-order valence-electron chi connectivity index (χ4n) is 1.82. The molecule has 0 fully saturated rings. The number of nitrogens with zero attached hydrogens (tertiary/aromatic N) is 3. The summed E-state index contributed by atoms with van der Waals surface area (Å²) in [5.41, 5.74) is -0.516. The third kappa shape index (κ3) is 3.61. The van der Waals surface area contributed by atoms with Gasteiger partial charge in [0, 0.05) is 10.9 Å². The molecule has 0 atom stereocenters. The van der Waals surface area contributed by atoms with Crippen LogP contribution in [0.15, 0.2) is 30.3 Å². The van der Waals surface area contributed by atoms with Crippen LogP contribution in [-0.4, -0.2) is 18.0 Å². The lowest BCUT2D eigenvalue weighted by Crippen LogP contribution is -2.15. The summed E-state index contributed by atoms with van der Waals surface area (Å²) in [7, 11) is 1.26. The van der Waals surface area contributed by atoms with Gasteiger partial charge in [0.05, 0.1) is 24.3 Å². The van der Waals surface area contributed by atoms with E-state index >= 15 is 0 Å². The summed E-state index contributed by atoms with van der Waals surface area (Å²) in [6.45, 7) is 0.0982. The Bertz CT molecular complexity index is 800. The molecule has 0 radical (unpaired) electrons. The molecule has 1 aromatic heterocycles. The van der Waals surface area contributed by atoms with Gasteiger partial charge < -0.3 is 4.74 Å². The summed E-state index contributed by atoms with van der Waals surface area (Å²) in [5.74, 6) is -1.46. The average Bonchev–Trinajstić information content (AvgIpc) is 3.00. The molecule has 0 N–H and O–H groups in total. The van der Waals surface area contributed by atoms with E-state index in [0.29, 0.717) is 9.75 Å². The van der Waals surface area contributed by atoms with Gasteiger partial charge in [-0.15, -0.1) is 11.3 Å². The van der Waals surface area contributed by atoms with Crippen molar-refractivity contribution in [1.29, 1.82) is 5.26 Å². The Balaban J connectivity index is 2.26. The molecule has 0 aliphatic heterocycles. The standard InChI is InChI=1S/C14H10FN3O4S/c1-22-14(19)13-5-3-10(23-13)7-17(8-16)9-2-4-11(15)12(6-9)18(20)21/h2-6H,7H2,1H3. The van der Waals surface area contributed by atoms with E-state index in [1.807, 2.05) is 6.19 Å². The molecule has 0 unspecified atom stereocenters. The zero-order chi connectivity index (χ0) is 17.0. The van der Waals surface area contributed by atoms with Gasteiger partial charge in [0.2, 0.25) is 5.82 Å². The first kappa shape index (κ1) is 16.4. The molecule has 0 amide bonds. The smallest absolute Gasteiger partial charge is 0.348 e. The average molecular weight is 335 g/mol. The van der Waals surface area contributed by atoms with E-state index < -0.39 is 22.4 Å². The number of benzene rings is 1. The Morgan fingerprint density at radius 3 is 2.83 bits per heavy atom. The van der Waals surface area contributed by atoms with Crippen LogP contribution in [0.25, 0.3) is 0 Å². The van der Waals surface area contributed by atoms with E-state index in [2.05, 4.69) is 4.74 Å². The van der Waals surface area contributed by atoms with Crippen LogP contribution in [0.4, 0.5) is 15.8 Å². The first-order chi connectivity index (χ1) is 11.0. The van der Waals surface area contributed by atoms with E-state index in [1.54, 1.807) is 12.1 Å². The lowest BCUT2D eigenvalue weighted by atomic mass is 10.2. The third-order valence-electron chi connectivity index (χ3n) is 2.92. The number of halogens is 1. The van der Waals surface area contributed by atoms with E-state index in [-0.39, 0.29) is 12.2 Å². The number of rotatable bonds is 5. The van der Waals surface area contributed by atoms with E-state index in [9.17, 15) is 24.6 Å². The Kier molecular flexibility index (Phi) is 4.88.